The highest BCUT2D eigenvalue weighted by Gasteiger charge is 2.21. The number of benzene rings is 2. The first-order valence-corrected chi connectivity index (χ1v) is 9.23. The third kappa shape index (κ3) is 4.79. The van der Waals surface area contributed by atoms with Crippen molar-refractivity contribution < 1.29 is 30.0 Å². The Kier molecular flexibility index (Phi) is 7.21. The summed E-state index contributed by atoms with van der Waals surface area (Å²) in [6, 6.07) is 4.24. The third-order valence-corrected chi connectivity index (χ3v) is 4.50. The Morgan fingerprint density at radius 2 is 1.17 bits per heavy atom. The maximum atomic E-state index is 14.7. The molecule has 0 aliphatic rings. The highest BCUT2D eigenvalue weighted by atomic mass is 35.5. The molecule has 30 heavy (non-hydrogen) atoms. The molecule has 0 aliphatic heterocycles. The van der Waals surface area contributed by atoms with Gasteiger partial charge in [-0.05, 0) is 41.8 Å². The van der Waals surface area contributed by atoms with Crippen LogP contribution in [0.4, 0.5) is 23.5 Å². The lowest BCUT2D eigenvalue weighted by Crippen LogP contribution is -3.00. The number of quaternary nitrogens is 1. The van der Waals surface area contributed by atoms with Crippen molar-refractivity contribution in [1.82, 2.24) is 14.5 Å². The van der Waals surface area contributed by atoms with Crippen molar-refractivity contribution in [2.75, 3.05) is 21.1 Å². The lowest BCUT2D eigenvalue weighted by atomic mass is 9.97. The number of halogens is 5. The number of aromatic nitrogens is 2. The van der Waals surface area contributed by atoms with Crippen molar-refractivity contribution in [2.24, 2.45) is 0 Å². The zero-order valence-corrected chi connectivity index (χ0v) is 17.9. The second-order valence-electron chi connectivity index (χ2n) is 7.78. The summed E-state index contributed by atoms with van der Waals surface area (Å²) >= 11 is 0. The van der Waals surface area contributed by atoms with Gasteiger partial charge in [0.1, 0.15) is 23.3 Å². The maximum Gasteiger partial charge on any atom is 0.328 e. The van der Waals surface area contributed by atoms with Gasteiger partial charge in [0.05, 0.1) is 32.3 Å². The second kappa shape index (κ2) is 9.10. The van der Waals surface area contributed by atoms with Crippen molar-refractivity contribution in [2.45, 2.75) is 19.8 Å². The first-order chi connectivity index (χ1) is 13.6. The van der Waals surface area contributed by atoms with Crippen LogP contribution in [0, 0.1) is 23.3 Å². The molecule has 160 valence electrons. The van der Waals surface area contributed by atoms with Crippen LogP contribution in [0.25, 0.3) is 22.3 Å². The van der Waals surface area contributed by atoms with Crippen LogP contribution in [-0.2, 0) is 6.42 Å². The molecular formula is C22H22ClF4N3. The predicted octanol–water partition coefficient (Wildman–Crippen LogP) is 2.52. The van der Waals surface area contributed by atoms with Gasteiger partial charge < -0.3 is 12.4 Å². The van der Waals surface area contributed by atoms with E-state index in [2.05, 4.69) is 9.97 Å². The van der Waals surface area contributed by atoms with Crippen LogP contribution in [0.15, 0.2) is 36.7 Å². The molecule has 0 amide bonds. The van der Waals surface area contributed by atoms with Crippen molar-refractivity contribution in [1.29, 1.82) is 0 Å². The molecule has 0 unspecified atom stereocenters. The normalized spacial score (nSPS) is 11.3. The summed E-state index contributed by atoms with van der Waals surface area (Å²) in [6.07, 6.45) is 3.89. The fourth-order valence-electron chi connectivity index (χ4n) is 3.12. The van der Waals surface area contributed by atoms with Gasteiger partial charge >= 0.3 is 5.95 Å². The highest BCUT2D eigenvalue weighted by Crippen LogP contribution is 2.34. The lowest BCUT2D eigenvalue weighted by molar-refractivity contribution is -0.00000874. The molecule has 0 bridgehead atoms. The number of rotatable bonds is 5. The molecule has 0 atom stereocenters. The van der Waals surface area contributed by atoms with E-state index in [1.54, 1.807) is 0 Å². The summed E-state index contributed by atoms with van der Waals surface area (Å²) in [6.45, 7) is 1.89. The van der Waals surface area contributed by atoms with Crippen LogP contribution in [0.1, 0.15) is 18.9 Å². The van der Waals surface area contributed by atoms with Gasteiger partial charge in [0.2, 0.25) is 0 Å². The summed E-state index contributed by atoms with van der Waals surface area (Å²) in [5, 5.41) is 0. The first kappa shape index (κ1) is 23.8. The molecule has 1 heterocycles. The van der Waals surface area contributed by atoms with Crippen LogP contribution >= 0.6 is 0 Å². The smallest absolute Gasteiger partial charge is 0.328 e. The quantitative estimate of drug-likeness (QED) is 0.451. The van der Waals surface area contributed by atoms with E-state index in [1.165, 1.54) is 24.5 Å². The zero-order chi connectivity index (χ0) is 21.3. The highest BCUT2D eigenvalue weighted by molar-refractivity contribution is 5.72. The Hall–Kier alpha value is -2.51. The molecule has 3 rings (SSSR count). The average Bonchev–Trinajstić information content (AvgIpc) is 2.60. The van der Waals surface area contributed by atoms with Crippen LogP contribution in [-0.4, -0.2) is 31.1 Å². The molecule has 3 nitrogen and oxygen atoms in total. The molecule has 0 radical (unpaired) electrons. The number of hydrogen-bond acceptors (Lipinski definition) is 2. The van der Waals surface area contributed by atoms with Crippen molar-refractivity contribution >= 4 is 5.95 Å². The van der Waals surface area contributed by atoms with Crippen molar-refractivity contribution in [3.05, 3.63) is 65.5 Å². The minimum Gasteiger partial charge on any atom is -1.00 e. The minimum absolute atomic E-state index is 0. The zero-order valence-electron chi connectivity index (χ0n) is 17.1. The number of aryl methyl sites for hydroxylation is 1. The molecule has 0 saturated carbocycles. The van der Waals surface area contributed by atoms with Gasteiger partial charge in [0.25, 0.3) is 0 Å². The van der Waals surface area contributed by atoms with Crippen LogP contribution in [0.5, 0.6) is 0 Å². The van der Waals surface area contributed by atoms with Crippen molar-refractivity contribution in [3.63, 3.8) is 0 Å². The van der Waals surface area contributed by atoms with Crippen LogP contribution in [0.3, 0.4) is 0 Å². The Labute approximate surface area is 179 Å². The van der Waals surface area contributed by atoms with Gasteiger partial charge in [-0.2, -0.15) is 9.97 Å². The van der Waals surface area contributed by atoms with E-state index < -0.39 is 28.8 Å². The monoisotopic (exact) mass is 439 g/mol. The SMILES string of the molecule is CCCc1cc(F)c(-c2cc(F)c(-c3cnc([N+](C)(C)C)nc3)c(F)c2)c(F)c1.[Cl-]. The standard InChI is InChI=1S/C22H22F4N3.ClH/c1-5-6-13-7-16(23)20(17(24)8-13)14-9-18(25)21(19(26)10-14)15-11-27-22(28-12-15)29(2,3)4;/h7-12H,5-6H2,1-4H3;1H/q+1;/p-1. The van der Waals surface area contributed by atoms with E-state index in [4.69, 9.17) is 0 Å². The first-order valence-electron chi connectivity index (χ1n) is 9.23. The van der Waals surface area contributed by atoms with Gasteiger partial charge in [0, 0.05) is 18.0 Å². The van der Waals surface area contributed by atoms with E-state index in [1.807, 2.05) is 28.1 Å². The predicted molar refractivity (Wildman–Crippen MR) is 106 cm³/mol. The fraction of sp³-hybridized carbons (Fsp3) is 0.273. The van der Waals surface area contributed by atoms with Gasteiger partial charge in [0.15, 0.2) is 0 Å². The van der Waals surface area contributed by atoms with Gasteiger partial charge in [-0.25, -0.2) is 17.6 Å². The third-order valence-electron chi connectivity index (χ3n) is 4.50. The molecular weight excluding hydrogens is 418 g/mol. The summed E-state index contributed by atoms with van der Waals surface area (Å²) in [7, 11) is 5.58. The Morgan fingerprint density at radius 1 is 0.733 bits per heavy atom. The molecule has 0 spiro atoms. The summed E-state index contributed by atoms with van der Waals surface area (Å²) in [4.78, 5) is 8.30. The lowest BCUT2D eigenvalue weighted by Gasteiger charge is -2.20. The molecule has 1 aromatic heterocycles. The Morgan fingerprint density at radius 3 is 1.60 bits per heavy atom. The second-order valence-corrected chi connectivity index (χ2v) is 7.78. The maximum absolute atomic E-state index is 14.7. The summed E-state index contributed by atoms with van der Waals surface area (Å²) < 4.78 is 58.7. The minimum atomic E-state index is -0.946. The van der Waals surface area contributed by atoms with Crippen molar-refractivity contribution in [3.8, 4) is 22.3 Å². The molecule has 0 aliphatic carbocycles. The summed E-state index contributed by atoms with van der Waals surface area (Å²) in [5.41, 5.74) is -0.358. The van der Waals surface area contributed by atoms with E-state index >= 15 is 0 Å². The molecule has 0 fully saturated rings. The summed E-state index contributed by atoms with van der Waals surface area (Å²) in [5.74, 6) is -3.12. The Bertz CT molecular complexity index is 1000. The van der Waals surface area contributed by atoms with E-state index in [0.29, 0.717) is 22.4 Å². The molecule has 2 aromatic carbocycles. The van der Waals surface area contributed by atoms with Crippen LogP contribution < -0.4 is 16.9 Å². The van der Waals surface area contributed by atoms with Gasteiger partial charge in [-0.1, -0.05) is 13.3 Å². The molecule has 0 N–H and O–H groups in total. The van der Waals surface area contributed by atoms with E-state index in [9.17, 15) is 17.6 Å². The number of nitrogens with zero attached hydrogens (tertiary/aromatic N) is 3. The Balaban J connectivity index is 0.00000320. The number of hydrogen-bond donors (Lipinski definition) is 0. The molecule has 3 aromatic rings. The van der Waals surface area contributed by atoms with Crippen LogP contribution in [0.2, 0.25) is 0 Å². The molecule has 8 heteroatoms. The average molecular weight is 440 g/mol. The van der Waals surface area contributed by atoms with Gasteiger partial charge in [-0.3, -0.25) is 4.48 Å². The van der Waals surface area contributed by atoms with Gasteiger partial charge in [-0.15, -0.1) is 0 Å². The fourth-order valence-corrected chi connectivity index (χ4v) is 3.12. The largest absolute Gasteiger partial charge is 1.00 e. The van der Waals surface area contributed by atoms with E-state index in [-0.39, 0.29) is 29.1 Å². The molecule has 0 saturated heterocycles. The topological polar surface area (TPSA) is 25.8 Å². The van der Waals surface area contributed by atoms with E-state index in [0.717, 1.165) is 18.6 Å².